The van der Waals surface area contributed by atoms with E-state index in [2.05, 4.69) is 16.1 Å². The molecule has 4 nitrogen and oxygen atoms in total. The minimum atomic E-state index is -6.44. The van der Waals surface area contributed by atoms with Gasteiger partial charge in [0, 0.05) is 12.8 Å². The van der Waals surface area contributed by atoms with Crippen LogP contribution >= 0.6 is 0 Å². The maximum absolute atomic E-state index is 13.1. The first-order valence-electron chi connectivity index (χ1n) is 7.13. The van der Waals surface area contributed by atoms with Crippen LogP contribution in [0.2, 0.25) is 0 Å². The first-order chi connectivity index (χ1) is 11.8. The second kappa shape index (κ2) is 9.72. The molecule has 0 bridgehead atoms. The average molecular weight is 400 g/mol. The smallest absolute Gasteiger partial charge is 0.381 e. The van der Waals surface area contributed by atoms with Crippen molar-refractivity contribution in [1.82, 2.24) is 0 Å². The Morgan fingerprint density at radius 3 is 1.92 bits per heavy atom. The predicted octanol–water partition coefficient (Wildman–Crippen LogP) is 3.99. The van der Waals surface area contributed by atoms with E-state index in [0.717, 1.165) is 0 Å². The first kappa shape index (κ1) is 24.1. The number of halogens is 8. The van der Waals surface area contributed by atoms with Crippen LogP contribution in [0.1, 0.15) is 25.7 Å². The monoisotopic (exact) mass is 400 g/mol. The van der Waals surface area contributed by atoms with Gasteiger partial charge in [0.25, 0.3) is 0 Å². The molecule has 0 aliphatic carbocycles. The molecule has 0 atom stereocenters. The van der Waals surface area contributed by atoms with Gasteiger partial charge in [0.05, 0.1) is 6.61 Å². The summed E-state index contributed by atoms with van der Waals surface area (Å²) in [5, 5.41) is 0. The van der Waals surface area contributed by atoms with Crippen LogP contribution in [-0.4, -0.2) is 49.3 Å². The SMILES string of the molecule is C=CCCOC(=O)CCCC(=O)OCC(F)(F)C(F)(F)C(F)(F)C(F)F. The minimum absolute atomic E-state index is 0.0342. The van der Waals surface area contributed by atoms with E-state index < -0.39 is 49.2 Å². The van der Waals surface area contributed by atoms with Gasteiger partial charge in [-0.2, -0.15) is 26.3 Å². The largest absolute Gasteiger partial charge is 0.465 e. The van der Waals surface area contributed by atoms with E-state index in [4.69, 9.17) is 0 Å². The highest BCUT2D eigenvalue weighted by Crippen LogP contribution is 2.48. The summed E-state index contributed by atoms with van der Waals surface area (Å²) in [7, 11) is 0. The number of carbonyl (C=O) groups excluding carboxylic acids is 2. The van der Waals surface area contributed by atoms with Gasteiger partial charge < -0.3 is 9.47 Å². The summed E-state index contributed by atoms with van der Waals surface area (Å²) in [5.74, 6) is -20.7. The molecular formula is C14H16F8O4. The molecule has 0 fully saturated rings. The quantitative estimate of drug-likeness (QED) is 0.215. The van der Waals surface area contributed by atoms with Crippen LogP contribution in [0.5, 0.6) is 0 Å². The average Bonchev–Trinajstić information content (AvgIpc) is 2.52. The molecule has 0 aromatic rings. The number of hydrogen-bond acceptors (Lipinski definition) is 4. The molecule has 0 saturated carbocycles. The molecule has 0 N–H and O–H groups in total. The molecule has 0 radical (unpaired) electrons. The fourth-order valence-corrected chi connectivity index (χ4v) is 1.42. The highest BCUT2D eigenvalue weighted by molar-refractivity contribution is 5.72. The van der Waals surface area contributed by atoms with E-state index in [-0.39, 0.29) is 19.4 Å². The normalized spacial score (nSPS) is 12.8. The molecule has 0 saturated heterocycles. The van der Waals surface area contributed by atoms with Crippen LogP contribution in [-0.2, 0) is 19.1 Å². The Hall–Kier alpha value is -1.88. The third-order valence-corrected chi connectivity index (χ3v) is 2.91. The predicted molar refractivity (Wildman–Crippen MR) is 71.4 cm³/mol. The summed E-state index contributed by atoms with van der Waals surface area (Å²) in [6.07, 6.45) is -4.45. The van der Waals surface area contributed by atoms with Crippen LogP contribution in [0.3, 0.4) is 0 Å². The Morgan fingerprint density at radius 1 is 0.962 bits per heavy atom. The third-order valence-electron chi connectivity index (χ3n) is 2.91. The molecule has 152 valence electrons. The van der Waals surface area contributed by atoms with Crippen LogP contribution in [0.4, 0.5) is 35.1 Å². The van der Waals surface area contributed by atoms with Crippen molar-refractivity contribution in [2.75, 3.05) is 13.2 Å². The molecule has 26 heavy (non-hydrogen) atoms. The summed E-state index contributed by atoms with van der Waals surface area (Å²) in [6.45, 7) is 0.881. The van der Waals surface area contributed by atoms with Crippen molar-refractivity contribution in [3.63, 3.8) is 0 Å². The topological polar surface area (TPSA) is 52.6 Å². The van der Waals surface area contributed by atoms with Gasteiger partial charge in [-0.25, -0.2) is 8.78 Å². The summed E-state index contributed by atoms with van der Waals surface area (Å²) in [5.41, 5.74) is 0. The second-order valence-electron chi connectivity index (χ2n) is 5.01. The molecule has 0 aromatic carbocycles. The number of carbonyl (C=O) groups is 2. The number of esters is 2. The Balaban J connectivity index is 4.44. The first-order valence-corrected chi connectivity index (χ1v) is 7.13. The highest BCUT2D eigenvalue weighted by atomic mass is 19.4. The van der Waals surface area contributed by atoms with E-state index in [0.29, 0.717) is 6.42 Å². The number of ether oxygens (including phenoxy) is 2. The highest BCUT2D eigenvalue weighted by Gasteiger charge is 2.75. The number of alkyl halides is 8. The van der Waals surface area contributed by atoms with Gasteiger partial charge in [-0.15, -0.1) is 6.58 Å². The van der Waals surface area contributed by atoms with Gasteiger partial charge in [-0.05, 0) is 12.8 Å². The van der Waals surface area contributed by atoms with E-state index in [1.807, 2.05) is 0 Å². The van der Waals surface area contributed by atoms with Gasteiger partial charge in [-0.1, -0.05) is 6.08 Å². The van der Waals surface area contributed by atoms with Crippen LogP contribution in [0, 0.1) is 0 Å². The van der Waals surface area contributed by atoms with Crippen LogP contribution < -0.4 is 0 Å². The Kier molecular flexibility index (Phi) is 9.01. The molecule has 0 amide bonds. The van der Waals surface area contributed by atoms with Crippen LogP contribution in [0.25, 0.3) is 0 Å². The molecule has 0 aliphatic heterocycles. The molecule has 12 heteroatoms. The number of hydrogen-bond donors (Lipinski definition) is 0. The second-order valence-corrected chi connectivity index (χ2v) is 5.01. The molecule has 0 unspecified atom stereocenters. The molecule has 0 heterocycles. The summed E-state index contributed by atoms with van der Waals surface area (Å²) in [4.78, 5) is 22.3. The van der Waals surface area contributed by atoms with E-state index in [9.17, 15) is 44.7 Å². The molecular weight excluding hydrogens is 384 g/mol. The lowest BCUT2D eigenvalue weighted by Gasteiger charge is -2.31. The lowest BCUT2D eigenvalue weighted by molar-refractivity contribution is -0.344. The van der Waals surface area contributed by atoms with Crippen molar-refractivity contribution < 1.29 is 54.2 Å². The lowest BCUT2D eigenvalue weighted by atomic mass is 10.1. The molecule has 0 aromatic heterocycles. The van der Waals surface area contributed by atoms with Gasteiger partial charge in [-0.3, -0.25) is 9.59 Å². The van der Waals surface area contributed by atoms with Gasteiger partial charge >= 0.3 is 36.1 Å². The summed E-state index contributed by atoms with van der Waals surface area (Å²) < 4.78 is 109. The lowest BCUT2D eigenvalue weighted by Crippen LogP contribution is -2.59. The van der Waals surface area contributed by atoms with Crippen molar-refractivity contribution in [3.05, 3.63) is 12.7 Å². The van der Waals surface area contributed by atoms with Gasteiger partial charge in [0.15, 0.2) is 6.61 Å². The minimum Gasteiger partial charge on any atom is -0.465 e. The fraction of sp³-hybridized carbons (Fsp3) is 0.714. The van der Waals surface area contributed by atoms with E-state index in [1.165, 1.54) is 6.08 Å². The van der Waals surface area contributed by atoms with E-state index in [1.54, 1.807) is 0 Å². The zero-order chi connectivity index (χ0) is 20.6. The van der Waals surface area contributed by atoms with Gasteiger partial charge in [0.1, 0.15) is 0 Å². The maximum atomic E-state index is 13.1. The van der Waals surface area contributed by atoms with Crippen molar-refractivity contribution in [2.45, 2.75) is 49.9 Å². The molecule has 0 spiro atoms. The molecule has 0 rings (SSSR count). The summed E-state index contributed by atoms with van der Waals surface area (Å²) in [6, 6.07) is 0. The van der Waals surface area contributed by atoms with E-state index >= 15 is 0 Å². The molecule has 0 aliphatic rings. The third kappa shape index (κ3) is 6.45. The summed E-state index contributed by atoms with van der Waals surface area (Å²) >= 11 is 0. The van der Waals surface area contributed by atoms with Gasteiger partial charge in [0.2, 0.25) is 0 Å². The van der Waals surface area contributed by atoms with Crippen molar-refractivity contribution in [3.8, 4) is 0 Å². The van der Waals surface area contributed by atoms with Crippen molar-refractivity contribution in [2.24, 2.45) is 0 Å². The Labute approximate surface area is 143 Å². The standard InChI is InChI=1S/C14H16F8O4/c1-2-3-7-25-9(23)5-4-6-10(24)26-8-12(17,18)14(21,22)13(19,20)11(15)16/h2,11H,1,3-8H2. The zero-order valence-corrected chi connectivity index (χ0v) is 13.3. The number of rotatable bonds is 12. The maximum Gasteiger partial charge on any atom is 0.381 e. The van der Waals surface area contributed by atoms with Crippen molar-refractivity contribution >= 4 is 11.9 Å². The Morgan fingerprint density at radius 2 is 1.46 bits per heavy atom. The Bertz CT molecular complexity index is 493. The zero-order valence-electron chi connectivity index (χ0n) is 13.3. The van der Waals surface area contributed by atoms with Crippen LogP contribution in [0.15, 0.2) is 12.7 Å². The fourth-order valence-electron chi connectivity index (χ4n) is 1.42. The van der Waals surface area contributed by atoms with Crippen molar-refractivity contribution in [1.29, 1.82) is 0 Å².